The van der Waals surface area contributed by atoms with Crippen LogP contribution >= 0.6 is 0 Å². The van der Waals surface area contributed by atoms with E-state index in [1.165, 1.54) is 12.1 Å². The molecule has 1 aliphatic rings. The number of aliphatic hydroxyl groups is 1. The predicted octanol–water partition coefficient (Wildman–Crippen LogP) is 2.90. The van der Waals surface area contributed by atoms with Gasteiger partial charge in [-0.1, -0.05) is 0 Å². The van der Waals surface area contributed by atoms with Crippen molar-refractivity contribution in [1.29, 1.82) is 5.26 Å². The van der Waals surface area contributed by atoms with Gasteiger partial charge in [0.25, 0.3) is 0 Å². The summed E-state index contributed by atoms with van der Waals surface area (Å²) in [6, 6.07) is 4.74. The number of hydrogen-bond acceptors (Lipinski definition) is 3. The molecule has 0 heterocycles. The Balaban J connectivity index is 2.23. The molecule has 0 aliphatic heterocycles. The fraction of sp³-hybridized carbons (Fsp3) is 0.462. The first-order chi connectivity index (χ1) is 8.91. The van der Waals surface area contributed by atoms with Crippen molar-refractivity contribution in [3.8, 4) is 6.07 Å². The number of anilines is 1. The number of nitriles is 1. The molecule has 0 saturated heterocycles. The molecule has 2 rings (SSSR count). The van der Waals surface area contributed by atoms with Crippen LogP contribution in [0.5, 0.6) is 0 Å². The quantitative estimate of drug-likeness (QED) is 0.868. The van der Waals surface area contributed by atoms with Crippen LogP contribution in [0.25, 0.3) is 0 Å². The minimum atomic E-state index is -4.53. The van der Waals surface area contributed by atoms with E-state index in [0.29, 0.717) is 12.1 Å². The number of aliphatic hydroxyl groups excluding tert-OH is 1. The van der Waals surface area contributed by atoms with Gasteiger partial charge < -0.3 is 10.4 Å². The molecule has 0 aromatic heterocycles. The van der Waals surface area contributed by atoms with E-state index in [1.54, 1.807) is 6.07 Å². The maximum atomic E-state index is 12.6. The Hall–Kier alpha value is -1.74. The largest absolute Gasteiger partial charge is 0.417 e. The minimum absolute atomic E-state index is 0.164. The third kappa shape index (κ3) is 2.99. The van der Waals surface area contributed by atoms with Crippen LogP contribution < -0.4 is 5.32 Å². The maximum absolute atomic E-state index is 12.6. The van der Waals surface area contributed by atoms with Gasteiger partial charge in [0, 0.05) is 5.69 Å². The van der Waals surface area contributed by atoms with Gasteiger partial charge in [0.1, 0.15) is 0 Å². The van der Waals surface area contributed by atoms with Crippen molar-refractivity contribution in [2.75, 3.05) is 5.32 Å². The molecule has 0 spiro atoms. The maximum Gasteiger partial charge on any atom is 0.417 e. The molecule has 0 bridgehead atoms. The Bertz CT molecular complexity index is 508. The first-order valence-electron chi connectivity index (χ1n) is 5.98. The van der Waals surface area contributed by atoms with Crippen molar-refractivity contribution in [1.82, 2.24) is 0 Å². The Kier molecular flexibility index (Phi) is 3.67. The summed E-state index contributed by atoms with van der Waals surface area (Å²) in [5.41, 5.74) is -0.923. The van der Waals surface area contributed by atoms with Crippen LogP contribution in [0.1, 0.15) is 30.4 Å². The van der Waals surface area contributed by atoms with Crippen molar-refractivity contribution in [3.63, 3.8) is 0 Å². The van der Waals surface area contributed by atoms with Crippen LogP contribution in [0.2, 0.25) is 0 Å². The lowest BCUT2D eigenvalue weighted by atomic mass is 10.1. The summed E-state index contributed by atoms with van der Waals surface area (Å²) in [6.45, 7) is 0. The van der Waals surface area contributed by atoms with E-state index in [0.717, 1.165) is 18.9 Å². The monoisotopic (exact) mass is 270 g/mol. The van der Waals surface area contributed by atoms with Crippen LogP contribution in [-0.4, -0.2) is 17.3 Å². The smallest absolute Gasteiger partial charge is 0.391 e. The molecule has 19 heavy (non-hydrogen) atoms. The average Bonchev–Trinajstić information content (AvgIpc) is 2.73. The standard InChI is InChI=1S/C13H13F3N2O/c14-13(15,16)10-5-4-9(6-8(10)7-17)18-11-2-1-3-12(11)19/h4-6,11-12,18-19H,1-3H2/t11-,12-/m0/s1. The molecule has 1 aromatic carbocycles. The van der Waals surface area contributed by atoms with E-state index in [2.05, 4.69) is 5.32 Å². The van der Waals surface area contributed by atoms with Crippen LogP contribution in [0, 0.1) is 11.3 Å². The molecule has 2 atom stereocenters. The van der Waals surface area contributed by atoms with E-state index in [4.69, 9.17) is 5.26 Å². The van der Waals surface area contributed by atoms with Gasteiger partial charge in [0.05, 0.1) is 29.3 Å². The van der Waals surface area contributed by atoms with E-state index < -0.39 is 23.4 Å². The molecule has 0 radical (unpaired) electrons. The fourth-order valence-electron chi connectivity index (χ4n) is 2.30. The van der Waals surface area contributed by atoms with Crippen LogP contribution in [-0.2, 0) is 6.18 Å². The van der Waals surface area contributed by atoms with Crippen LogP contribution in [0.4, 0.5) is 18.9 Å². The van der Waals surface area contributed by atoms with Crippen LogP contribution in [0.3, 0.4) is 0 Å². The molecule has 1 aromatic rings. The zero-order valence-corrected chi connectivity index (χ0v) is 10.0. The zero-order chi connectivity index (χ0) is 14.0. The lowest BCUT2D eigenvalue weighted by molar-refractivity contribution is -0.137. The van der Waals surface area contributed by atoms with Gasteiger partial charge in [-0.15, -0.1) is 0 Å². The van der Waals surface area contributed by atoms with Gasteiger partial charge in [-0.2, -0.15) is 18.4 Å². The molecule has 6 heteroatoms. The normalized spacial score (nSPS) is 23.1. The van der Waals surface area contributed by atoms with Crippen LogP contribution in [0.15, 0.2) is 18.2 Å². The van der Waals surface area contributed by atoms with Gasteiger partial charge in [-0.3, -0.25) is 0 Å². The van der Waals surface area contributed by atoms with Crippen molar-refractivity contribution in [2.45, 2.75) is 37.6 Å². The Labute approximate surface area is 108 Å². The Morgan fingerprint density at radius 2 is 2.05 bits per heavy atom. The lowest BCUT2D eigenvalue weighted by Crippen LogP contribution is -2.28. The number of benzene rings is 1. The summed E-state index contributed by atoms with van der Waals surface area (Å²) in [5.74, 6) is 0. The van der Waals surface area contributed by atoms with Crippen molar-refractivity contribution in [2.24, 2.45) is 0 Å². The van der Waals surface area contributed by atoms with Gasteiger partial charge in [-0.25, -0.2) is 0 Å². The highest BCUT2D eigenvalue weighted by Gasteiger charge is 2.34. The highest BCUT2D eigenvalue weighted by Crippen LogP contribution is 2.33. The first-order valence-corrected chi connectivity index (χ1v) is 5.98. The number of rotatable bonds is 2. The molecule has 0 amide bonds. The van der Waals surface area contributed by atoms with Crippen molar-refractivity contribution < 1.29 is 18.3 Å². The number of nitrogens with zero attached hydrogens (tertiary/aromatic N) is 1. The topological polar surface area (TPSA) is 56.0 Å². The van der Waals surface area contributed by atoms with Gasteiger partial charge in [0.15, 0.2) is 0 Å². The van der Waals surface area contributed by atoms with Gasteiger partial charge in [0.2, 0.25) is 0 Å². The number of halogens is 3. The Morgan fingerprint density at radius 3 is 2.58 bits per heavy atom. The second kappa shape index (κ2) is 5.10. The fourth-order valence-corrected chi connectivity index (χ4v) is 2.30. The van der Waals surface area contributed by atoms with Crippen molar-refractivity contribution >= 4 is 5.69 Å². The summed E-state index contributed by atoms with van der Waals surface area (Å²) in [6.07, 6.45) is -2.69. The van der Waals surface area contributed by atoms with E-state index >= 15 is 0 Å². The minimum Gasteiger partial charge on any atom is -0.391 e. The second-order valence-corrected chi connectivity index (χ2v) is 4.62. The zero-order valence-electron chi connectivity index (χ0n) is 10.0. The number of alkyl halides is 3. The first kappa shape index (κ1) is 13.7. The van der Waals surface area contributed by atoms with E-state index in [9.17, 15) is 18.3 Å². The number of nitrogens with one attached hydrogen (secondary N) is 1. The summed E-state index contributed by atoms with van der Waals surface area (Å²) in [7, 11) is 0. The van der Waals surface area contributed by atoms with E-state index in [1.807, 2.05) is 0 Å². The molecule has 1 aliphatic carbocycles. The highest BCUT2D eigenvalue weighted by molar-refractivity contribution is 5.54. The Morgan fingerprint density at radius 1 is 1.32 bits per heavy atom. The summed E-state index contributed by atoms with van der Waals surface area (Å²) in [4.78, 5) is 0. The lowest BCUT2D eigenvalue weighted by Gasteiger charge is -2.18. The molecule has 0 unspecified atom stereocenters. The highest BCUT2D eigenvalue weighted by atomic mass is 19.4. The summed E-state index contributed by atoms with van der Waals surface area (Å²) >= 11 is 0. The summed E-state index contributed by atoms with van der Waals surface area (Å²) < 4.78 is 37.9. The average molecular weight is 270 g/mol. The molecule has 1 fully saturated rings. The molecule has 3 nitrogen and oxygen atoms in total. The predicted molar refractivity (Wildman–Crippen MR) is 63.4 cm³/mol. The summed E-state index contributed by atoms with van der Waals surface area (Å²) in [5, 5.41) is 21.4. The molecular formula is C13H13F3N2O. The molecule has 102 valence electrons. The van der Waals surface area contributed by atoms with Crippen molar-refractivity contribution in [3.05, 3.63) is 29.3 Å². The third-order valence-electron chi connectivity index (χ3n) is 3.28. The molecule has 2 N–H and O–H groups in total. The molecule has 1 saturated carbocycles. The van der Waals surface area contributed by atoms with Gasteiger partial charge in [-0.05, 0) is 37.5 Å². The third-order valence-corrected chi connectivity index (χ3v) is 3.28. The van der Waals surface area contributed by atoms with Gasteiger partial charge >= 0.3 is 6.18 Å². The number of hydrogen-bond donors (Lipinski definition) is 2. The van der Waals surface area contributed by atoms with E-state index in [-0.39, 0.29) is 6.04 Å². The SMILES string of the molecule is N#Cc1cc(N[C@H]2CCC[C@@H]2O)ccc1C(F)(F)F. The second-order valence-electron chi connectivity index (χ2n) is 4.62. The molecular weight excluding hydrogens is 257 g/mol.